The van der Waals surface area contributed by atoms with Crippen LogP contribution in [-0.4, -0.2) is 9.88 Å². The van der Waals surface area contributed by atoms with Gasteiger partial charge in [0.05, 0.1) is 5.69 Å². The molecule has 0 unspecified atom stereocenters. The number of benzene rings is 4. The summed E-state index contributed by atoms with van der Waals surface area (Å²) in [5, 5.41) is 13.9. The van der Waals surface area contributed by atoms with E-state index in [1.54, 1.807) is 0 Å². The van der Waals surface area contributed by atoms with E-state index >= 15 is 0 Å². The Bertz CT molecular complexity index is 1680. The first-order valence-corrected chi connectivity index (χ1v) is 16.3. The first-order chi connectivity index (χ1) is 21.8. The summed E-state index contributed by atoms with van der Waals surface area (Å²) in [4.78, 5) is 9.26. The fraction of sp³-hybridized carbons (Fsp3) is 0.310. The summed E-state index contributed by atoms with van der Waals surface area (Å²) in [7, 11) is 0. The Morgan fingerprint density at radius 1 is 0.609 bits per heavy atom. The molecule has 238 valence electrons. The van der Waals surface area contributed by atoms with Gasteiger partial charge in [-0.15, -0.1) is 5.75 Å². The van der Waals surface area contributed by atoms with E-state index in [1.165, 1.54) is 22.3 Å². The van der Waals surface area contributed by atoms with Gasteiger partial charge in [-0.3, -0.25) is 9.88 Å². The summed E-state index contributed by atoms with van der Waals surface area (Å²) < 4.78 is 0. The van der Waals surface area contributed by atoms with Crippen molar-refractivity contribution in [1.29, 1.82) is 0 Å². The highest BCUT2D eigenvalue weighted by Gasteiger charge is 2.23. The average Bonchev–Trinajstić information content (AvgIpc) is 3.00. The van der Waals surface area contributed by atoms with Gasteiger partial charge in [-0.2, -0.15) is 0 Å². The predicted molar refractivity (Wildman–Crippen MR) is 191 cm³/mol. The molecule has 1 aromatic heterocycles. The quantitative estimate of drug-likeness (QED) is 0.167. The minimum Gasteiger partial charge on any atom is -0.872 e. The number of anilines is 3. The normalized spacial score (nSPS) is 12.0. The first-order valence-electron chi connectivity index (χ1n) is 16.3. The molecule has 0 atom stereocenters. The molecule has 46 heavy (non-hydrogen) atoms. The molecule has 0 amide bonds. The van der Waals surface area contributed by atoms with Crippen LogP contribution >= 0.6 is 0 Å². The van der Waals surface area contributed by atoms with Crippen LogP contribution < -0.4 is 10.0 Å². The molecule has 5 rings (SSSR count). The minimum atomic E-state index is -0.241. The molecular formula is C42H48N3O-. The molecule has 0 N–H and O–H groups in total. The smallest absolute Gasteiger partial charge is 0.0544 e. The first kappa shape index (κ1) is 33.0. The van der Waals surface area contributed by atoms with E-state index in [9.17, 15) is 5.11 Å². The zero-order valence-electron chi connectivity index (χ0n) is 28.8. The molecule has 0 spiro atoms. The third-order valence-electron chi connectivity index (χ3n) is 8.53. The Balaban J connectivity index is 1.49. The second-order valence-corrected chi connectivity index (χ2v) is 14.7. The topological polar surface area (TPSA) is 42.4 Å². The van der Waals surface area contributed by atoms with Gasteiger partial charge < -0.3 is 10.0 Å². The molecule has 0 aliphatic carbocycles. The lowest BCUT2D eigenvalue weighted by Crippen LogP contribution is -2.26. The van der Waals surface area contributed by atoms with E-state index in [-0.39, 0.29) is 16.6 Å². The molecule has 0 aliphatic rings. The molecule has 0 fully saturated rings. The average molecular weight is 611 g/mol. The van der Waals surface area contributed by atoms with Crippen LogP contribution in [0.5, 0.6) is 5.75 Å². The summed E-state index contributed by atoms with van der Waals surface area (Å²) in [6.07, 6.45) is 1.84. The number of hydrogen-bond donors (Lipinski definition) is 0. The van der Waals surface area contributed by atoms with Crippen LogP contribution in [0.25, 0.3) is 0 Å². The molecule has 0 bridgehead atoms. The molecule has 0 saturated heterocycles. The van der Waals surface area contributed by atoms with Crippen molar-refractivity contribution in [2.24, 2.45) is 0 Å². The van der Waals surface area contributed by atoms with Gasteiger partial charge in [0, 0.05) is 42.9 Å². The van der Waals surface area contributed by atoms with Gasteiger partial charge >= 0.3 is 0 Å². The van der Waals surface area contributed by atoms with Gasteiger partial charge in [0.1, 0.15) is 0 Å². The van der Waals surface area contributed by atoms with Crippen molar-refractivity contribution in [1.82, 2.24) is 9.88 Å². The van der Waals surface area contributed by atoms with Gasteiger partial charge in [-0.05, 0) is 95.5 Å². The number of hydrogen-bond acceptors (Lipinski definition) is 4. The maximum absolute atomic E-state index is 13.9. The third kappa shape index (κ3) is 8.05. The lowest BCUT2D eigenvalue weighted by molar-refractivity contribution is -0.271. The van der Waals surface area contributed by atoms with E-state index in [2.05, 4.69) is 161 Å². The number of rotatable bonds is 9. The second-order valence-electron chi connectivity index (χ2n) is 14.7. The molecule has 1 heterocycles. The van der Waals surface area contributed by atoms with E-state index in [0.29, 0.717) is 19.6 Å². The van der Waals surface area contributed by atoms with Crippen LogP contribution in [0.15, 0.2) is 109 Å². The van der Waals surface area contributed by atoms with E-state index in [0.717, 1.165) is 33.9 Å². The molecule has 0 radical (unpaired) electrons. The molecule has 0 saturated carbocycles. The standard InChI is InChI=1S/C42H49N3O/c1-30-12-18-36(19-13-30)45(37-20-14-31(2)15-21-37)38-22-16-32(17-23-38)27-44(29-35-11-9-10-24-43-35)28-33-25-34(41(3,4)5)26-39(40(33)46)42(6,7)8/h9-26,46H,27-29H2,1-8H3/p-1. The van der Waals surface area contributed by atoms with Gasteiger partial charge in [-0.1, -0.05) is 107 Å². The van der Waals surface area contributed by atoms with Gasteiger partial charge in [-0.25, -0.2) is 0 Å². The van der Waals surface area contributed by atoms with Crippen molar-refractivity contribution >= 4 is 17.1 Å². The highest BCUT2D eigenvalue weighted by molar-refractivity contribution is 5.76. The summed E-state index contributed by atoms with van der Waals surface area (Å²) in [6, 6.07) is 36.4. The van der Waals surface area contributed by atoms with Crippen LogP contribution in [-0.2, 0) is 30.5 Å². The van der Waals surface area contributed by atoms with Gasteiger partial charge in [0.25, 0.3) is 0 Å². The molecule has 4 aromatic carbocycles. The van der Waals surface area contributed by atoms with Crippen molar-refractivity contribution in [2.45, 2.75) is 85.9 Å². The lowest BCUT2D eigenvalue weighted by atomic mass is 9.79. The van der Waals surface area contributed by atoms with Crippen molar-refractivity contribution in [2.75, 3.05) is 4.90 Å². The minimum absolute atomic E-state index is 0.0646. The Hall–Kier alpha value is -4.41. The maximum Gasteiger partial charge on any atom is 0.0544 e. The Labute approximate surface area is 276 Å². The predicted octanol–water partition coefficient (Wildman–Crippen LogP) is 10.0. The Morgan fingerprint density at radius 2 is 1.15 bits per heavy atom. The summed E-state index contributed by atoms with van der Waals surface area (Å²) in [5.41, 5.74) is 10.6. The van der Waals surface area contributed by atoms with Gasteiger partial charge in [0.15, 0.2) is 0 Å². The number of nitrogens with zero attached hydrogens (tertiary/aromatic N) is 3. The van der Waals surface area contributed by atoms with E-state index in [1.807, 2.05) is 18.3 Å². The lowest BCUT2D eigenvalue weighted by Gasteiger charge is -2.34. The zero-order valence-corrected chi connectivity index (χ0v) is 28.8. The summed E-state index contributed by atoms with van der Waals surface area (Å²) in [5.74, 6) is 0.147. The highest BCUT2D eigenvalue weighted by atomic mass is 16.3. The largest absolute Gasteiger partial charge is 0.872 e. The molecule has 4 nitrogen and oxygen atoms in total. The molecule has 4 heteroatoms. The van der Waals surface area contributed by atoms with Crippen LogP contribution in [0.2, 0.25) is 0 Å². The monoisotopic (exact) mass is 610 g/mol. The zero-order chi connectivity index (χ0) is 33.1. The van der Waals surface area contributed by atoms with Crippen LogP contribution in [0.4, 0.5) is 17.1 Å². The van der Waals surface area contributed by atoms with Crippen LogP contribution in [0.3, 0.4) is 0 Å². The highest BCUT2D eigenvalue weighted by Crippen LogP contribution is 2.38. The Kier molecular flexibility index (Phi) is 9.69. The molecule has 5 aromatic rings. The number of aromatic nitrogens is 1. The maximum atomic E-state index is 13.9. The fourth-order valence-corrected chi connectivity index (χ4v) is 5.77. The van der Waals surface area contributed by atoms with Crippen LogP contribution in [0, 0.1) is 13.8 Å². The third-order valence-corrected chi connectivity index (χ3v) is 8.53. The van der Waals surface area contributed by atoms with Crippen molar-refractivity contribution in [3.63, 3.8) is 0 Å². The van der Waals surface area contributed by atoms with Crippen molar-refractivity contribution in [3.05, 3.63) is 148 Å². The number of pyridine rings is 1. The summed E-state index contributed by atoms with van der Waals surface area (Å²) >= 11 is 0. The van der Waals surface area contributed by atoms with Gasteiger partial charge in [0.2, 0.25) is 0 Å². The van der Waals surface area contributed by atoms with E-state index < -0.39 is 0 Å². The Morgan fingerprint density at radius 3 is 1.63 bits per heavy atom. The number of aryl methyl sites for hydroxylation is 2. The molecule has 0 aliphatic heterocycles. The fourth-order valence-electron chi connectivity index (χ4n) is 5.77. The van der Waals surface area contributed by atoms with Crippen molar-refractivity contribution in [3.8, 4) is 5.75 Å². The van der Waals surface area contributed by atoms with Crippen LogP contribution in [0.1, 0.15) is 80.6 Å². The van der Waals surface area contributed by atoms with Crippen molar-refractivity contribution < 1.29 is 5.11 Å². The van der Waals surface area contributed by atoms with E-state index in [4.69, 9.17) is 0 Å². The second kappa shape index (κ2) is 13.5. The summed E-state index contributed by atoms with van der Waals surface area (Å²) in [6.45, 7) is 19.1. The molecular weight excluding hydrogens is 562 g/mol. The SMILES string of the molecule is Cc1ccc(N(c2ccc(C)cc2)c2ccc(CN(Cc3ccccn3)Cc3cc(C(C)(C)C)cc(C(C)(C)C)c3[O-])cc2)cc1.